The van der Waals surface area contributed by atoms with E-state index in [0.29, 0.717) is 37.2 Å². The van der Waals surface area contributed by atoms with Crippen molar-refractivity contribution in [3.05, 3.63) is 24.3 Å². The number of likely N-dealkylation sites (tertiary alicyclic amines) is 1. The summed E-state index contributed by atoms with van der Waals surface area (Å²) in [5.41, 5.74) is 1.26. The van der Waals surface area contributed by atoms with Crippen LogP contribution in [0.4, 0.5) is 11.4 Å². The van der Waals surface area contributed by atoms with Gasteiger partial charge in [0.15, 0.2) is 0 Å². The first-order valence-electron chi connectivity index (χ1n) is 10.9. The molecule has 0 saturated carbocycles. The lowest BCUT2D eigenvalue weighted by Crippen LogP contribution is -2.45. The maximum absolute atomic E-state index is 12.3. The summed E-state index contributed by atoms with van der Waals surface area (Å²) >= 11 is 0. The Morgan fingerprint density at radius 1 is 1.10 bits per heavy atom. The molecule has 0 aromatic heterocycles. The van der Waals surface area contributed by atoms with E-state index in [1.807, 2.05) is 6.07 Å². The first-order chi connectivity index (χ1) is 14.6. The number of hydrogen-bond acceptors (Lipinski definition) is 5. The lowest BCUT2D eigenvalue weighted by molar-refractivity contribution is -0.136. The van der Waals surface area contributed by atoms with Crippen molar-refractivity contribution in [2.24, 2.45) is 5.92 Å². The topological polar surface area (TPSA) is 91.0 Å². The van der Waals surface area contributed by atoms with E-state index in [9.17, 15) is 14.4 Å². The van der Waals surface area contributed by atoms with Crippen molar-refractivity contribution in [1.82, 2.24) is 10.2 Å². The van der Waals surface area contributed by atoms with Gasteiger partial charge in [-0.2, -0.15) is 0 Å². The van der Waals surface area contributed by atoms with Crippen LogP contribution < -0.4 is 15.5 Å². The molecule has 3 fully saturated rings. The van der Waals surface area contributed by atoms with E-state index in [0.717, 1.165) is 57.7 Å². The molecule has 3 saturated heterocycles. The SMILES string of the molecule is O=C(NCC1CCN([C@@H]2CCOC2)CC1)C(=O)Nc1cccc(N2CCCC2=O)c1. The van der Waals surface area contributed by atoms with Gasteiger partial charge in [-0.1, -0.05) is 6.07 Å². The van der Waals surface area contributed by atoms with Gasteiger partial charge in [-0.05, 0) is 62.9 Å². The van der Waals surface area contributed by atoms with Crippen LogP contribution in [0.2, 0.25) is 0 Å². The third-order valence-corrected chi connectivity index (χ3v) is 6.32. The Hall–Kier alpha value is -2.45. The third kappa shape index (κ3) is 4.99. The highest BCUT2D eigenvalue weighted by atomic mass is 16.5. The van der Waals surface area contributed by atoms with E-state index in [1.165, 1.54) is 0 Å². The van der Waals surface area contributed by atoms with Gasteiger partial charge in [-0.3, -0.25) is 19.3 Å². The van der Waals surface area contributed by atoms with Gasteiger partial charge in [0.1, 0.15) is 0 Å². The molecule has 30 heavy (non-hydrogen) atoms. The van der Waals surface area contributed by atoms with Crippen molar-refractivity contribution in [2.45, 2.75) is 38.1 Å². The van der Waals surface area contributed by atoms with Crippen molar-refractivity contribution in [3.63, 3.8) is 0 Å². The molecule has 0 radical (unpaired) electrons. The second kappa shape index (κ2) is 9.57. The van der Waals surface area contributed by atoms with E-state index in [-0.39, 0.29) is 5.91 Å². The molecule has 0 bridgehead atoms. The molecule has 8 nitrogen and oxygen atoms in total. The first-order valence-corrected chi connectivity index (χ1v) is 10.9. The molecule has 3 heterocycles. The standard InChI is InChI=1S/C22H30N4O4/c27-20-5-2-9-26(20)18-4-1-3-17(13-18)24-22(29)21(28)23-14-16-6-10-25(11-7-16)19-8-12-30-15-19/h1,3-4,13,16,19H,2,5-12,14-15H2,(H,23,28)(H,24,29)/t19-/m1/s1. The monoisotopic (exact) mass is 414 g/mol. The van der Waals surface area contributed by atoms with Crippen LogP contribution in [-0.2, 0) is 19.1 Å². The van der Waals surface area contributed by atoms with Crippen LogP contribution in [0.25, 0.3) is 0 Å². The largest absolute Gasteiger partial charge is 0.380 e. The summed E-state index contributed by atoms with van der Waals surface area (Å²) in [6.45, 7) is 4.92. The van der Waals surface area contributed by atoms with Crippen molar-refractivity contribution < 1.29 is 19.1 Å². The summed E-state index contributed by atoms with van der Waals surface area (Å²) < 4.78 is 5.47. The molecular weight excluding hydrogens is 384 g/mol. The zero-order valence-corrected chi connectivity index (χ0v) is 17.3. The zero-order chi connectivity index (χ0) is 20.9. The Morgan fingerprint density at radius 3 is 2.63 bits per heavy atom. The van der Waals surface area contributed by atoms with Crippen LogP contribution in [0, 0.1) is 5.92 Å². The molecule has 1 atom stereocenters. The van der Waals surface area contributed by atoms with Crippen molar-refractivity contribution in [2.75, 3.05) is 49.6 Å². The molecule has 4 rings (SSSR count). The molecule has 0 spiro atoms. The normalized spacial score (nSPS) is 23.0. The molecule has 3 aliphatic heterocycles. The van der Waals surface area contributed by atoms with E-state index >= 15 is 0 Å². The van der Waals surface area contributed by atoms with Gasteiger partial charge in [0.2, 0.25) is 5.91 Å². The minimum Gasteiger partial charge on any atom is -0.380 e. The average Bonchev–Trinajstić information content (AvgIpc) is 3.44. The summed E-state index contributed by atoms with van der Waals surface area (Å²) in [5.74, 6) is -0.822. The Bertz CT molecular complexity index is 785. The highest BCUT2D eigenvalue weighted by Crippen LogP contribution is 2.24. The van der Waals surface area contributed by atoms with E-state index in [2.05, 4.69) is 15.5 Å². The van der Waals surface area contributed by atoms with Crippen molar-refractivity contribution in [3.8, 4) is 0 Å². The Balaban J connectivity index is 1.22. The van der Waals surface area contributed by atoms with Crippen LogP contribution in [0.3, 0.4) is 0 Å². The lowest BCUT2D eigenvalue weighted by Gasteiger charge is -2.35. The smallest absolute Gasteiger partial charge is 0.313 e. The number of anilines is 2. The Morgan fingerprint density at radius 2 is 1.93 bits per heavy atom. The third-order valence-electron chi connectivity index (χ3n) is 6.32. The number of hydrogen-bond donors (Lipinski definition) is 2. The van der Waals surface area contributed by atoms with Crippen LogP contribution >= 0.6 is 0 Å². The number of rotatable bonds is 5. The van der Waals surface area contributed by atoms with E-state index in [1.54, 1.807) is 23.1 Å². The fourth-order valence-electron chi connectivity index (χ4n) is 4.51. The molecule has 162 valence electrons. The molecule has 8 heteroatoms. The fourth-order valence-corrected chi connectivity index (χ4v) is 4.51. The molecule has 2 N–H and O–H groups in total. The number of carbonyl (C=O) groups is 3. The highest BCUT2D eigenvalue weighted by Gasteiger charge is 2.28. The van der Waals surface area contributed by atoms with E-state index < -0.39 is 11.8 Å². The van der Waals surface area contributed by atoms with Gasteiger partial charge < -0.3 is 20.3 Å². The zero-order valence-electron chi connectivity index (χ0n) is 17.3. The summed E-state index contributed by atoms with van der Waals surface area (Å²) in [6.07, 6.45) is 4.53. The van der Waals surface area contributed by atoms with Crippen LogP contribution in [-0.4, -0.2) is 68.1 Å². The van der Waals surface area contributed by atoms with Crippen LogP contribution in [0.1, 0.15) is 32.1 Å². The lowest BCUT2D eigenvalue weighted by atomic mass is 9.95. The summed E-state index contributed by atoms with van der Waals surface area (Å²) in [7, 11) is 0. The van der Waals surface area contributed by atoms with Gasteiger partial charge in [-0.15, -0.1) is 0 Å². The second-order valence-corrected chi connectivity index (χ2v) is 8.36. The van der Waals surface area contributed by atoms with Gasteiger partial charge >= 0.3 is 11.8 Å². The van der Waals surface area contributed by atoms with Gasteiger partial charge in [0, 0.05) is 43.5 Å². The highest BCUT2D eigenvalue weighted by molar-refractivity contribution is 6.39. The quantitative estimate of drug-likeness (QED) is 0.710. The Labute approximate surface area is 176 Å². The number of benzene rings is 1. The van der Waals surface area contributed by atoms with Gasteiger partial charge in [-0.25, -0.2) is 0 Å². The summed E-state index contributed by atoms with van der Waals surface area (Å²) in [5, 5.41) is 5.42. The second-order valence-electron chi connectivity index (χ2n) is 8.36. The van der Waals surface area contributed by atoms with Crippen LogP contribution in [0.15, 0.2) is 24.3 Å². The molecule has 0 unspecified atom stereocenters. The number of amides is 3. The van der Waals surface area contributed by atoms with Crippen LogP contribution in [0.5, 0.6) is 0 Å². The van der Waals surface area contributed by atoms with Gasteiger partial charge in [0.05, 0.1) is 6.61 Å². The fraction of sp³-hybridized carbons (Fsp3) is 0.591. The number of piperidine rings is 1. The summed E-state index contributed by atoms with van der Waals surface area (Å²) in [4.78, 5) is 40.6. The predicted octanol–water partition coefficient (Wildman–Crippen LogP) is 1.37. The molecule has 1 aromatic carbocycles. The average molecular weight is 415 g/mol. The molecule has 0 aliphatic carbocycles. The Kier molecular flexibility index (Phi) is 6.64. The minimum atomic E-state index is -0.680. The predicted molar refractivity (Wildman–Crippen MR) is 113 cm³/mol. The molecular formula is C22H30N4O4. The number of nitrogens with zero attached hydrogens (tertiary/aromatic N) is 2. The molecule has 3 amide bonds. The van der Waals surface area contributed by atoms with Crippen molar-refractivity contribution >= 4 is 29.1 Å². The molecule has 1 aromatic rings. The number of ether oxygens (including phenoxy) is 1. The molecule has 3 aliphatic rings. The minimum absolute atomic E-state index is 0.0859. The number of carbonyl (C=O) groups excluding carboxylic acids is 3. The first kappa shape index (κ1) is 20.8. The maximum atomic E-state index is 12.3. The maximum Gasteiger partial charge on any atom is 0.313 e. The van der Waals surface area contributed by atoms with Gasteiger partial charge in [0.25, 0.3) is 0 Å². The van der Waals surface area contributed by atoms with E-state index in [4.69, 9.17) is 4.74 Å². The summed E-state index contributed by atoms with van der Waals surface area (Å²) in [6, 6.07) is 7.60. The number of nitrogens with one attached hydrogen (secondary N) is 2. The van der Waals surface area contributed by atoms with Crippen molar-refractivity contribution in [1.29, 1.82) is 0 Å².